The number of hydrogen-bond acceptors (Lipinski definition) is 3. The van der Waals surface area contributed by atoms with Crippen molar-refractivity contribution in [2.24, 2.45) is 11.3 Å². The molecule has 94 valence electrons. The van der Waals surface area contributed by atoms with E-state index in [2.05, 4.69) is 18.7 Å². The maximum absolute atomic E-state index is 11.2. The summed E-state index contributed by atoms with van der Waals surface area (Å²) in [6.07, 6.45) is 5.23. The van der Waals surface area contributed by atoms with Crippen LogP contribution in [0.25, 0.3) is 0 Å². The van der Waals surface area contributed by atoms with Crippen molar-refractivity contribution in [3.05, 3.63) is 0 Å². The van der Waals surface area contributed by atoms with Gasteiger partial charge in [-0.1, -0.05) is 13.8 Å². The third-order valence-electron chi connectivity index (χ3n) is 4.06. The van der Waals surface area contributed by atoms with Crippen molar-refractivity contribution in [3.63, 3.8) is 0 Å². The predicted octanol–water partition coefficient (Wildman–Crippen LogP) is 1.70. The molecule has 1 atom stereocenters. The van der Waals surface area contributed by atoms with Crippen molar-refractivity contribution < 1.29 is 9.90 Å². The van der Waals surface area contributed by atoms with E-state index < -0.39 is 0 Å². The highest BCUT2D eigenvalue weighted by Crippen LogP contribution is 2.27. The number of aliphatic hydroxyl groups excluding tert-OH is 1. The maximum Gasteiger partial charge on any atom is 0.127 e. The SMILES string of the molecule is CCC(C=O)(CC)CN1CCCC(CO)C1. The Labute approximate surface area is 98.8 Å². The smallest absolute Gasteiger partial charge is 0.127 e. The van der Waals surface area contributed by atoms with Crippen molar-refractivity contribution in [2.45, 2.75) is 39.5 Å². The van der Waals surface area contributed by atoms with Crippen molar-refractivity contribution in [2.75, 3.05) is 26.2 Å². The van der Waals surface area contributed by atoms with E-state index in [9.17, 15) is 9.90 Å². The first-order valence-electron chi connectivity index (χ1n) is 6.49. The molecule has 1 heterocycles. The Morgan fingerprint density at radius 2 is 2.12 bits per heavy atom. The van der Waals surface area contributed by atoms with Gasteiger partial charge in [0, 0.05) is 25.1 Å². The van der Waals surface area contributed by atoms with Gasteiger partial charge in [-0.3, -0.25) is 0 Å². The lowest BCUT2D eigenvalue weighted by Crippen LogP contribution is -2.44. The second-order valence-corrected chi connectivity index (χ2v) is 5.11. The highest BCUT2D eigenvalue weighted by molar-refractivity contribution is 5.59. The predicted molar refractivity (Wildman–Crippen MR) is 65.3 cm³/mol. The monoisotopic (exact) mass is 227 g/mol. The molecule has 3 heteroatoms. The molecule has 1 rings (SSSR count). The molecule has 0 amide bonds. The number of rotatable bonds is 6. The summed E-state index contributed by atoms with van der Waals surface area (Å²) in [4.78, 5) is 13.6. The van der Waals surface area contributed by atoms with Crippen LogP contribution in [0.3, 0.4) is 0 Å². The first-order valence-corrected chi connectivity index (χ1v) is 6.49. The van der Waals surface area contributed by atoms with Crippen molar-refractivity contribution in [3.8, 4) is 0 Å². The zero-order chi connectivity index (χ0) is 12.0. The summed E-state index contributed by atoms with van der Waals surface area (Å²) >= 11 is 0. The zero-order valence-electron chi connectivity index (χ0n) is 10.6. The molecule has 1 fully saturated rings. The van der Waals surface area contributed by atoms with E-state index in [0.29, 0.717) is 5.92 Å². The van der Waals surface area contributed by atoms with E-state index >= 15 is 0 Å². The number of piperidine rings is 1. The third kappa shape index (κ3) is 3.29. The van der Waals surface area contributed by atoms with Crippen LogP contribution in [0, 0.1) is 11.3 Å². The van der Waals surface area contributed by atoms with Crippen LogP contribution in [0.2, 0.25) is 0 Å². The van der Waals surface area contributed by atoms with Gasteiger partial charge in [0.25, 0.3) is 0 Å². The Morgan fingerprint density at radius 1 is 1.44 bits per heavy atom. The molecule has 3 nitrogen and oxygen atoms in total. The fourth-order valence-corrected chi connectivity index (χ4v) is 2.57. The molecule has 1 unspecified atom stereocenters. The van der Waals surface area contributed by atoms with Gasteiger partial charge in [0.15, 0.2) is 0 Å². The third-order valence-corrected chi connectivity index (χ3v) is 4.06. The molecular weight excluding hydrogens is 202 g/mol. The standard InChI is InChI=1S/C13H25NO2/c1-3-13(4-2,11-16)10-14-7-5-6-12(8-14)9-15/h11-12,15H,3-10H2,1-2H3. The van der Waals surface area contributed by atoms with Crippen LogP contribution in [-0.4, -0.2) is 42.5 Å². The molecule has 1 N–H and O–H groups in total. The molecule has 0 spiro atoms. The average molecular weight is 227 g/mol. The van der Waals surface area contributed by atoms with Gasteiger partial charge in [0.1, 0.15) is 6.29 Å². The van der Waals surface area contributed by atoms with Crippen molar-refractivity contribution in [1.29, 1.82) is 0 Å². The van der Waals surface area contributed by atoms with E-state index in [1.807, 2.05) is 0 Å². The van der Waals surface area contributed by atoms with Gasteiger partial charge in [0.05, 0.1) is 0 Å². The second kappa shape index (κ2) is 6.36. The van der Waals surface area contributed by atoms with Crippen molar-refractivity contribution in [1.82, 2.24) is 4.90 Å². The fourth-order valence-electron chi connectivity index (χ4n) is 2.57. The summed E-state index contributed by atoms with van der Waals surface area (Å²) in [6, 6.07) is 0. The number of likely N-dealkylation sites (tertiary alicyclic amines) is 1. The summed E-state index contributed by atoms with van der Waals surface area (Å²) < 4.78 is 0. The lowest BCUT2D eigenvalue weighted by Gasteiger charge is -2.37. The summed E-state index contributed by atoms with van der Waals surface area (Å²) in [5.74, 6) is 0.409. The van der Waals surface area contributed by atoms with Gasteiger partial charge >= 0.3 is 0 Å². The molecule has 1 aliphatic rings. The Balaban J connectivity index is 2.54. The Morgan fingerprint density at radius 3 is 2.62 bits per heavy atom. The van der Waals surface area contributed by atoms with Crippen LogP contribution in [0.4, 0.5) is 0 Å². The zero-order valence-corrected chi connectivity index (χ0v) is 10.6. The van der Waals surface area contributed by atoms with Gasteiger partial charge in [-0.2, -0.15) is 0 Å². The van der Waals surface area contributed by atoms with Gasteiger partial charge in [-0.25, -0.2) is 0 Å². The van der Waals surface area contributed by atoms with E-state index in [4.69, 9.17) is 0 Å². The maximum atomic E-state index is 11.2. The molecule has 0 aromatic carbocycles. The van der Waals surface area contributed by atoms with E-state index in [1.165, 1.54) is 0 Å². The molecule has 0 radical (unpaired) electrons. The summed E-state index contributed by atoms with van der Waals surface area (Å²) in [5, 5.41) is 9.18. The second-order valence-electron chi connectivity index (χ2n) is 5.11. The highest BCUT2D eigenvalue weighted by atomic mass is 16.3. The molecule has 0 aromatic rings. The van der Waals surface area contributed by atoms with Crippen LogP contribution in [0.15, 0.2) is 0 Å². The Bertz CT molecular complexity index is 214. The summed E-state index contributed by atoms with van der Waals surface area (Å²) in [6.45, 7) is 7.35. The Hall–Kier alpha value is -0.410. The lowest BCUT2D eigenvalue weighted by atomic mass is 9.82. The van der Waals surface area contributed by atoms with E-state index in [1.54, 1.807) is 0 Å². The number of carbonyl (C=O) groups is 1. The summed E-state index contributed by atoms with van der Waals surface area (Å²) in [5.41, 5.74) is -0.169. The molecule has 0 aromatic heterocycles. The molecule has 0 aliphatic carbocycles. The first kappa shape index (κ1) is 13.7. The van der Waals surface area contributed by atoms with Crippen LogP contribution < -0.4 is 0 Å². The minimum absolute atomic E-state index is 0.169. The minimum Gasteiger partial charge on any atom is -0.396 e. The topological polar surface area (TPSA) is 40.5 Å². The van der Waals surface area contributed by atoms with Crippen LogP contribution in [0.5, 0.6) is 0 Å². The normalized spacial score (nSPS) is 23.3. The van der Waals surface area contributed by atoms with Gasteiger partial charge in [-0.15, -0.1) is 0 Å². The largest absolute Gasteiger partial charge is 0.396 e. The molecule has 1 aliphatic heterocycles. The minimum atomic E-state index is -0.169. The number of aldehydes is 1. The molecule has 1 saturated heterocycles. The fraction of sp³-hybridized carbons (Fsp3) is 0.923. The van der Waals surface area contributed by atoms with Crippen molar-refractivity contribution >= 4 is 6.29 Å². The molecular formula is C13H25NO2. The number of hydrogen-bond donors (Lipinski definition) is 1. The van der Waals surface area contributed by atoms with Crippen LogP contribution in [0.1, 0.15) is 39.5 Å². The average Bonchev–Trinajstić information content (AvgIpc) is 2.36. The van der Waals surface area contributed by atoms with Gasteiger partial charge in [-0.05, 0) is 38.1 Å². The van der Waals surface area contributed by atoms with Crippen LogP contribution in [-0.2, 0) is 4.79 Å². The quantitative estimate of drug-likeness (QED) is 0.702. The highest BCUT2D eigenvalue weighted by Gasteiger charge is 2.30. The van der Waals surface area contributed by atoms with E-state index in [-0.39, 0.29) is 12.0 Å². The Kier molecular flexibility index (Phi) is 5.42. The molecule has 0 saturated carbocycles. The number of carbonyl (C=O) groups excluding carboxylic acids is 1. The number of aliphatic hydroxyl groups is 1. The lowest BCUT2D eigenvalue weighted by molar-refractivity contribution is -0.118. The summed E-state index contributed by atoms with van der Waals surface area (Å²) in [7, 11) is 0. The van der Waals surface area contributed by atoms with Gasteiger partial charge < -0.3 is 14.8 Å². The van der Waals surface area contributed by atoms with Gasteiger partial charge in [0.2, 0.25) is 0 Å². The van der Waals surface area contributed by atoms with E-state index in [0.717, 1.165) is 51.6 Å². The molecule has 16 heavy (non-hydrogen) atoms. The number of nitrogens with zero attached hydrogens (tertiary/aromatic N) is 1. The molecule has 0 bridgehead atoms. The van der Waals surface area contributed by atoms with Crippen LogP contribution >= 0.6 is 0 Å². The first-order chi connectivity index (χ1) is 7.69.